The number of nitrogens with one attached hydrogen (secondary N) is 1. The minimum atomic E-state index is -0.939. The first-order valence-corrected chi connectivity index (χ1v) is 10.1. The van der Waals surface area contributed by atoms with Crippen molar-refractivity contribution in [3.8, 4) is 0 Å². The Morgan fingerprint density at radius 3 is 2.00 bits per heavy atom. The number of amides is 1. The zero-order valence-corrected chi connectivity index (χ0v) is 17.3. The van der Waals surface area contributed by atoms with E-state index in [9.17, 15) is 14.7 Å². The fraction of sp³-hybridized carbons (Fsp3) is 0.231. The molecular formula is C26H27NO3. The van der Waals surface area contributed by atoms with Crippen LogP contribution in [0.1, 0.15) is 40.8 Å². The molecule has 0 fully saturated rings. The van der Waals surface area contributed by atoms with Crippen LogP contribution in [0.15, 0.2) is 78.9 Å². The first-order valence-electron chi connectivity index (χ1n) is 10.1. The molecule has 0 aliphatic rings. The Kier molecular flexibility index (Phi) is 7.02. The molecular weight excluding hydrogens is 374 g/mol. The second-order valence-electron chi connectivity index (χ2n) is 7.74. The molecule has 0 saturated carbocycles. The predicted octanol–water partition coefficient (Wildman–Crippen LogP) is 4.71. The van der Waals surface area contributed by atoms with Crippen LogP contribution in [0.5, 0.6) is 0 Å². The zero-order chi connectivity index (χ0) is 21.5. The largest absolute Gasteiger partial charge is 0.481 e. The number of carbonyl (C=O) groups is 2. The number of carbonyl (C=O) groups excluding carboxylic acids is 1. The van der Waals surface area contributed by atoms with E-state index in [1.165, 1.54) is 11.1 Å². The van der Waals surface area contributed by atoms with Crippen LogP contribution in [-0.4, -0.2) is 17.0 Å². The maximum atomic E-state index is 12.7. The lowest BCUT2D eigenvalue weighted by atomic mass is 9.93. The van der Waals surface area contributed by atoms with E-state index < -0.39 is 17.9 Å². The number of hydrogen-bond donors (Lipinski definition) is 2. The molecule has 0 aliphatic heterocycles. The average molecular weight is 402 g/mol. The maximum Gasteiger partial charge on any atom is 0.308 e. The molecule has 0 bridgehead atoms. The molecule has 3 aromatic carbocycles. The van der Waals surface area contributed by atoms with Crippen molar-refractivity contribution in [2.45, 2.75) is 32.7 Å². The molecule has 30 heavy (non-hydrogen) atoms. The molecule has 0 aliphatic carbocycles. The van der Waals surface area contributed by atoms with Crippen molar-refractivity contribution >= 4 is 11.9 Å². The minimum Gasteiger partial charge on any atom is -0.481 e. The number of carboxylic acid groups (broad SMARTS) is 1. The smallest absolute Gasteiger partial charge is 0.308 e. The second-order valence-corrected chi connectivity index (χ2v) is 7.74. The molecule has 0 heterocycles. The minimum absolute atomic E-state index is 0.190. The summed E-state index contributed by atoms with van der Waals surface area (Å²) in [5.74, 6) is -1.86. The lowest BCUT2D eigenvalue weighted by Gasteiger charge is -2.23. The fourth-order valence-electron chi connectivity index (χ4n) is 3.43. The highest BCUT2D eigenvalue weighted by Crippen LogP contribution is 2.23. The Morgan fingerprint density at radius 1 is 0.833 bits per heavy atom. The Morgan fingerprint density at radius 2 is 1.40 bits per heavy atom. The van der Waals surface area contributed by atoms with Gasteiger partial charge in [-0.1, -0.05) is 84.4 Å². The van der Waals surface area contributed by atoms with Gasteiger partial charge in [0.1, 0.15) is 0 Å². The number of aryl methyl sites for hydroxylation is 1. The van der Waals surface area contributed by atoms with Crippen molar-refractivity contribution in [2.75, 3.05) is 0 Å². The quantitative estimate of drug-likeness (QED) is 0.575. The molecule has 1 amide bonds. The van der Waals surface area contributed by atoms with Gasteiger partial charge in [0.05, 0.1) is 18.4 Å². The van der Waals surface area contributed by atoms with Crippen LogP contribution in [0, 0.1) is 12.8 Å². The van der Waals surface area contributed by atoms with Crippen LogP contribution in [0.2, 0.25) is 0 Å². The zero-order valence-electron chi connectivity index (χ0n) is 17.3. The van der Waals surface area contributed by atoms with Crippen LogP contribution in [-0.2, 0) is 22.4 Å². The Balaban J connectivity index is 1.66. The SMILES string of the molecule is Cc1ccc([C@@H](NC(=O)Cc2ccc(Cc3ccccc3)cc2)[C@@H](C)C(=O)O)cc1. The van der Waals surface area contributed by atoms with Crippen molar-refractivity contribution in [1.29, 1.82) is 0 Å². The third-order valence-corrected chi connectivity index (χ3v) is 5.28. The molecule has 154 valence electrons. The predicted molar refractivity (Wildman–Crippen MR) is 118 cm³/mol. The van der Waals surface area contributed by atoms with Crippen molar-refractivity contribution in [3.05, 3.63) is 107 Å². The summed E-state index contributed by atoms with van der Waals surface area (Å²) in [6.45, 7) is 3.59. The summed E-state index contributed by atoms with van der Waals surface area (Å²) in [7, 11) is 0. The third kappa shape index (κ3) is 5.80. The van der Waals surface area contributed by atoms with Gasteiger partial charge in [0, 0.05) is 0 Å². The van der Waals surface area contributed by atoms with Crippen LogP contribution < -0.4 is 5.32 Å². The highest BCUT2D eigenvalue weighted by Gasteiger charge is 2.26. The second kappa shape index (κ2) is 9.88. The van der Waals surface area contributed by atoms with Gasteiger partial charge in [-0.15, -0.1) is 0 Å². The standard InChI is InChI=1S/C26H27NO3/c1-18-8-14-23(15-9-18)25(19(2)26(29)30)27-24(28)17-22-12-10-21(11-13-22)16-20-6-4-3-5-7-20/h3-15,19,25H,16-17H2,1-2H3,(H,27,28)(H,29,30)/t19-,25+/m1/s1. The molecule has 0 saturated heterocycles. The molecule has 2 N–H and O–H groups in total. The van der Waals surface area contributed by atoms with E-state index in [2.05, 4.69) is 17.4 Å². The van der Waals surface area contributed by atoms with Crippen molar-refractivity contribution < 1.29 is 14.7 Å². The van der Waals surface area contributed by atoms with Gasteiger partial charge in [-0.25, -0.2) is 0 Å². The third-order valence-electron chi connectivity index (χ3n) is 5.28. The molecule has 0 spiro atoms. The summed E-state index contributed by atoms with van der Waals surface area (Å²) in [6.07, 6.45) is 1.05. The van der Waals surface area contributed by atoms with Crippen molar-refractivity contribution in [1.82, 2.24) is 5.32 Å². The summed E-state index contributed by atoms with van der Waals surface area (Å²) in [5.41, 5.74) is 5.20. The summed E-state index contributed by atoms with van der Waals surface area (Å²) >= 11 is 0. The lowest BCUT2D eigenvalue weighted by Crippen LogP contribution is -2.36. The molecule has 3 rings (SSSR count). The Labute approximate surface area is 177 Å². The number of benzene rings is 3. The van der Waals surface area contributed by atoms with E-state index >= 15 is 0 Å². The van der Waals surface area contributed by atoms with Gasteiger partial charge in [0.25, 0.3) is 0 Å². The molecule has 0 aromatic heterocycles. The van der Waals surface area contributed by atoms with Gasteiger partial charge in [0.15, 0.2) is 0 Å². The van der Waals surface area contributed by atoms with E-state index in [0.29, 0.717) is 0 Å². The number of rotatable bonds is 8. The number of carboxylic acids is 1. The van der Waals surface area contributed by atoms with Crippen LogP contribution in [0.4, 0.5) is 0 Å². The van der Waals surface area contributed by atoms with Gasteiger partial charge >= 0.3 is 5.97 Å². The average Bonchev–Trinajstić information content (AvgIpc) is 2.74. The summed E-state index contributed by atoms with van der Waals surface area (Å²) in [6, 6.07) is 25.2. The van der Waals surface area contributed by atoms with Crippen molar-refractivity contribution in [3.63, 3.8) is 0 Å². The van der Waals surface area contributed by atoms with Gasteiger partial charge < -0.3 is 10.4 Å². The van der Waals surface area contributed by atoms with E-state index in [-0.39, 0.29) is 12.3 Å². The highest BCUT2D eigenvalue weighted by molar-refractivity contribution is 5.80. The van der Waals surface area contributed by atoms with E-state index in [1.807, 2.05) is 73.7 Å². The van der Waals surface area contributed by atoms with Gasteiger partial charge in [-0.2, -0.15) is 0 Å². The topological polar surface area (TPSA) is 66.4 Å². The summed E-state index contributed by atoms with van der Waals surface area (Å²) in [5, 5.41) is 12.4. The normalized spacial score (nSPS) is 12.7. The first kappa shape index (κ1) is 21.3. The summed E-state index contributed by atoms with van der Waals surface area (Å²) in [4.78, 5) is 24.2. The molecule has 2 atom stereocenters. The van der Waals surface area contributed by atoms with E-state index in [4.69, 9.17) is 0 Å². The number of hydrogen-bond acceptors (Lipinski definition) is 2. The monoisotopic (exact) mass is 401 g/mol. The van der Waals surface area contributed by atoms with Crippen molar-refractivity contribution in [2.24, 2.45) is 5.92 Å². The molecule has 3 aromatic rings. The van der Waals surface area contributed by atoms with Crippen LogP contribution >= 0.6 is 0 Å². The Bertz CT molecular complexity index is 979. The van der Waals surface area contributed by atoms with Crippen LogP contribution in [0.25, 0.3) is 0 Å². The van der Waals surface area contributed by atoms with Gasteiger partial charge in [-0.05, 0) is 42.5 Å². The molecule has 0 unspecified atom stereocenters. The number of aliphatic carboxylic acids is 1. The van der Waals surface area contributed by atoms with Crippen LogP contribution in [0.3, 0.4) is 0 Å². The summed E-state index contributed by atoms with van der Waals surface area (Å²) < 4.78 is 0. The van der Waals surface area contributed by atoms with E-state index in [1.54, 1.807) is 6.92 Å². The Hall–Kier alpha value is -3.40. The van der Waals surface area contributed by atoms with E-state index in [0.717, 1.165) is 23.1 Å². The fourth-order valence-corrected chi connectivity index (χ4v) is 3.43. The van der Waals surface area contributed by atoms with Gasteiger partial charge in [-0.3, -0.25) is 9.59 Å². The maximum absolute atomic E-state index is 12.7. The first-order chi connectivity index (χ1) is 14.4. The lowest BCUT2D eigenvalue weighted by molar-refractivity contribution is -0.142. The molecule has 4 nitrogen and oxygen atoms in total. The molecule has 4 heteroatoms. The highest BCUT2D eigenvalue weighted by atomic mass is 16.4. The molecule has 0 radical (unpaired) electrons. The van der Waals surface area contributed by atoms with Gasteiger partial charge in [0.2, 0.25) is 5.91 Å².